The number of hydrogen-bond donors (Lipinski definition) is 2. The lowest BCUT2D eigenvalue weighted by Crippen LogP contribution is -2.50. The Balaban J connectivity index is 2.55. The molecular formula is C8H17NO. The second kappa shape index (κ2) is 2.51. The Hall–Kier alpha value is -0.0800. The van der Waals surface area contributed by atoms with Crippen LogP contribution in [0.5, 0.6) is 0 Å². The van der Waals surface area contributed by atoms with Gasteiger partial charge in [-0.05, 0) is 26.2 Å². The van der Waals surface area contributed by atoms with Crippen LogP contribution in [0.1, 0.15) is 27.2 Å². The molecule has 1 aliphatic heterocycles. The Morgan fingerprint density at radius 1 is 1.50 bits per heavy atom. The van der Waals surface area contributed by atoms with E-state index in [1.807, 2.05) is 6.92 Å². The summed E-state index contributed by atoms with van der Waals surface area (Å²) in [6, 6.07) is 0.464. The van der Waals surface area contributed by atoms with Crippen molar-refractivity contribution in [3.63, 3.8) is 0 Å². The minimum absolute atomic E-state index is 0.378. The molecule has 2 heteroatoms. The highest BCUT2D eigenvalue weighted by molar-refractivity contribution is 4.89. The number of piperidine rings is 1. The number of nitrogens with one attached hydrogen (secondary N) is 1. The summed E-state index contributed by atoms with van der Waals surface area (Å²) in [5.41, 5.74) is -0.454. The van der Waals surface area contributed by atoms with Crippen LogP contribution in [-0.4, -0.2) is 23.3 Å². The molecule has 60 valence electrons. The van der Waals surface area contributed by atoms with Gasteiger partial charge in [0.15, 0.2) is 0 Å². The smallest absolute Gasteiger partial charge is 0.0672 e. The Kier molecular flexibility index (Phi) is 2.02. The highest BCUT2D eigenvalue weighted by atomic mass is 16.3. The molecule has 1 heterocycles. The lowest BCUT2D eigenvalue weighted by molar-refractivity contribution is -0.0280. The predicted molar refractivity (Wildman–Crippen MR) is 41.9 cm³/mol. The van der Waals surface area contributed by atoms with Gasteiger partial charge in [0, 0.05) is 12.6 Å². The van der Waals surface area contributed by atoms with Gasteiger partial charge in [0.1, 0.15) is 0 Å². The molecule has 0 aliphatic carbocycles. The van der Waals surface area contributed by atoms with Crippen LogP contribution in [-0.2, 0) is 0 Å². The van der Waals surface area contributed by atoms with Crippen molar-refractivity contribution in [3.8, 4) is 0 Å². The SMILES string of the molecule is C[C@H]1CC(C)(O)[C@@H](C)CN1. The van der Waals surface area contributed by atoms with Crippen molar-refractivity contribution in [1.29, 1.82) is 0 Å². The van der Waals surface area contributed by atoms with Gasteiger partial charge in [0.2, 0.25) is 0 Å². The molecule has 1 fully saturated rings. The molecule has 10 heavy (non-hydrogen) atoms. The van der Waals surface area contributed by atoms with Crippen LogP contribution < -0.4 is 5.32 Å². The molecular weight excluding hydrogens is 126 g/mol. The van der Waals surface area contributed by atoms with E-state index in [9.17, 15) is 5.11 Å². The van der Waals surface area contributed by atoms with Crippen molar-refractivity contribution in [2.75, 3.05) is 6.54 Å². The fourth-order valence-corrected chi connectivity index (χ4v) is 1.49. The van der Waals surface area contributed by atoms with Gasteiger partial charge in [-0.3, -0.25) is 0 Å². The lowest BCUT2D eigenvalue weighted by atomic mass is 9.82. The van der Waals surface area contributed by atoms with E-state index in [4.69, 9.17) is 0 Å². The van der Waals surface area contributed by atoms with Crippen LogP contribution in [0.2, 0.25) is 0 Å². The monoisotopic (exact) mass is 143 g/mol. The standard InChI is InChI=1S/C8H17NO/c1-6-5-9-7(2)4-8(6,3)10/h6-7,9-10H,4-5H2,1-3H3/t6-,7-,8?/m0/s1. The second-order valence-corrected chi connectivity index (χ2v) is 3.77. The van der Waals surface area contributed by atoms with E-state index in [1.54, 1.807) is 0 Å². The molecule has 0 spiro atoms. The summed E-state index contributed by atoms with van der Waals surface area (Å²) in [5, 5.41) is 13.1. The summed E-state index contributed by atoms with van der Waals surface area (Å²) in [4.78, 5) is 0. The van der Waals surface area contributed by atoms with Gasteiger partial charge < -0.3 is 10.4 Å². The van der Waals surface area contributed by atoms with E-state index in [-0.39, 0.29) is 0 Å². The summed E-state index contributed by atoms with van der Waals surface area (Å²) in [5.74, 6) is 0.378. The number of aliphatic hydroxyl groups is 1. The van der Waals surface area contributed by atoms with Gasteiger partial charge in [-0.15, -0.1) is 0 Å². The summed E-state index contributed by atoms with van der Waals surface area (Å²) in [7, 11) is 0. The van der Waals surface area contributed by atoms with E-state index in [0.29, 0.717) is 12.0 Å². The fraction of sp³-hybridized carbons (Fsp3) is 1.00. The van der Waals surface area contributed by atoms with Crippen LogP contribution >= 0.6 is 0 Å². The van der Waals surface area contributed by atoms with E-state index >= 15 is 0 Å². The molecule has 1 saturated heterocycles. The minimum atomic E-state index is -0.454. The van der Waals surface area contributed by atoms with Gasteiger partial charge in [0.25, 0.3) is 0 Å². The van der Waals surface area contributed by atoms with E-state index < -0.39 is 5.60 Å². The fourth-order valence-electron chi connectivity index (χ4n) is 1.49. The summed E-state index contributed by atoms with van der Waals surface area (Å²) >= 11 is 0. The first-order valence-electron chi connectivity index (χ1n) is 3.98. The third kappa shape index (κ3) is 1.50. The van der Waals surface area contributed by atoms with Crippen molar-refractivity contribution in [3.05, 3.63) is 0 Å². The zero-order valence-electron chi connectivity index (χ0n) is 7.02. The summed E-state index contributed by atoms with van der Waals surface area (Å²) in [6.07, 6.45) is 0.869. The first-order valence-corrected chi connectivity index (χ1v) is 3.98. The largest absolute Gasteiger partial charge is 0.390 e. The molecule has 0 saturated carbocycles. The van der Waals surface area contributed by atoms with E-state index in [0.717, 1.165) is 13.0 Å². The first kappa shape index (κ1) is 8.02. The quantitative estimate of drug-likeness (QED) is 0.524. The van der Waals surface area contributed by atoms with E-state index in [1.165, 1.54) is 0 Å². The second-order valence-electron chi connectivity index (χ2n) is 3.77. The van der Waals surface area contributed by atoms with Crippen molar-refractivity contribution < 1.29 is 5.11 Å². The van der Waals surface area contributed by atoms with Crippen molar-refractivity contribution in [2.24, 2.45) is 5.92 Å². The zero-order valence-corrected chi connectivity index (χ0v) is 7.02. The maximum absolute atomic E-state index is 9.77. The van der Waals surface area contributed by atoms with Crippen LogP contribution in [0, 0.1) is 5.92 Å². The van der Waals surface area contributed by atoms with Gasteiger partial charge in [-0.25, -0.2) is 0 Å². The number of hydrogen-bond acceptors (Lipinski definition) is 2. The van der Waals surface area contributed by atoms with Crippen LogP contribution in [0.3, 0.4) is 0 Å². The highest BCUT2D eigenvalue weighted by Crippen LogP contribution is 2.25. The Bertz CT molecular complexity index is 122. The van der Waals surface area contributed by atoms with Crippen molar-refractivity contribution in [2.45, 2.75) is 38.8 Å². The topological polar surface area (TPSA) is 32.3 Å². The summed E-state index contributed by atoms with van der Waals surface area (Å²) < 4.78 is 0. The third-order valence-electron chi connectivity index (χ3n) is 2.55. The van der Waals surface area contributed by atoms with Crippen molar-refractivity contribution >= 4 is 0 Å². The average Bonchev–Trinajstić information content (AvgIpc) is 1.78. The molecule has 2 N–H and O–H groups in total. The zero-order chi connectivity index (χ0) is 7.78. The van der Waals surface area contributed by atoms with Crippen LogP contribution in [0.25, 0.3) is 0 Å². The highest BCUT2D eigenvalue weighted by Gasteiger charge is 2.33. The van der Waals surface area contributed by atoms with E-state index in [2.05, 4.69) is 19.2 Å². The third-order valence-corrected chi connectivity index (χ3v) is 2.55. The molecule has 1 aliphatic rings. The number of rotatable bonds is 0. The predicted octanol–water partition coefficient (Wildman–Crippen LogP) is 0.755. The minimum Gasteiger partial charge on any atom is -0.390 e. The molecule has 0 aromatic rings. The maximum atomic E-state index is 9.77. The molecule has 2 nitrogen and oxygen atoms in total. The molecule has 0 radical (unpaired) electrons. The Morgan fingerprint density at radius 3 is 2.50 bits per heavy atom. The molecule has 1 unspecified atom stereocenters. The normalized spacial score (nSPS) is 49.2. The van der Waals surface area contributed by atoms with Gasteiger partial charge in [-0.1, -0.05) is 6.92 Å². The Labute approximate surface area is 62.6 Å². The summed E-state index contributed by atoms with van der Waals surface area (Å²) in [6.45, 7) is 7.06. The van der Waals surface area contributed by atoms with Crippen LogP contribution in [0.4, 0.5) is 0 Å². The van der Waals surface area contributed by atoms with Gasteiger partial charge in [0.05, 0.1) is 5.60 Å². The van der Waals surface area contributed by atoms with Gasteiger partial charge >= 0.3 is 0 Å². The molecule has 3 atom stereocenters. The maximum Gasteiger partial charge on any atom is 0.0672 e. The molecule has 1 rings (SSSR count). The molecule has 0 aromatic heterocycles. The first-order chi connectivity index (χ1) is 4.52. The average molecular weight is 143 g/mol. The molecule has 0 bridgehead atoms. The van der Waals surface area contributed by atoms with Crippen LogP contribution in [0.15, 0.2) is 0 Å². The molecule has 0 amide bonds. The van der Waals surface area contributed by atoms with Crippen molar-refractivity contribution in [1.82, 2.24) is 5.32 Å². The Morgan fingerprint density at radius 2 is 2.10 bits per heavy atom. The van der Waals surface area contributed by atoms with Gasteiger partial charge in [-0.2, -0.15) is 0 Å². The molecule has 0 aromatic carbocycles. The lowest BCUT2D eigenvalue weighted by Gasteiger charge is -2.38.